The molecule has 2 nitrogen and oxygen atoms in total. The fraction of sp³-hybridized carbons (Fsp3) is 0.571. The van der Waals surface area contributed by atoms with Gasteiger partial charge >= 0.3 is 0 Å². The first kappa shape index (κ1) is 14.1. The summed E-state index contributed by atoms with van der Waals surface area (Å²) in [6.45, 7) is 3.69. The van der Waals surface area contributed by atoms with Gasteiger partial charge in [-0.15, -0.1) is 0 Å². The van der Waals surface area contributed by atoms with Crippen LogP contribution < -0.4 is 5.73 Å². The Morgan fingerprint density at radius 1 is 1.29 bits per heavy atom. The Kier molecular flexibility index (Phi) is 6.16. The monoisotopic (exact) mass is 238 g/mol. The summed E-state index contributed by atoms with van der Waals surface area (Å²) in [4.78, 5) is 2.15. The summed E-state index contributed by atoms with van der Waals surface area (Å²) in [6.07, 6.45) is 3.32. The van der Waals surface area contributed by atoms with Crippen molar-refractivity contribution in [2.24, 2.45) is 5.73 Å². The van der Waals surface area contributed by atoms with Gasteiger partial charge in [0.1, 0.15) is 5.82 Å². The predicted molar refractivity (Wildman–Crippen MR) is 70.2 cm³/mol. The lowest BCUT2D eigenvalue weighted by Gasteiger charge is -2.17. The molecule has 0 radical (unpaired) electrons. The van der Waals surface area contributed by atoms with Gasteiger partial charge in [-0.3, -0.25) is 0 Å². The molecule has 0 heterocycles. The lowest BCUT2D eigenvalue weighted by molar-refractivity contribution is 0.311. The first-order chi connectivity index (χ1) is 8.09. The lowest BCUT2D eigenvalue weighted by atomic mass is 10.1. The standard InChI is InChI=1S/C14H23FN2/c1-12(16)7-5-6-10-17(2)11-13-8-3-4-9-14(13)15/h3-4,8-9,12H,5-7,10-11,16H2,1-2H3. The summed E-state index contributed by atoms with van der Waals surface area (Å²) >= 11 is 0. The lowest BCUT2D eigenvalue weighted by Crippen LogP contribution is -2.21. The van der Waals surface area contributed by atoms with Crippen LogP contribution in [-0.2, 0) is 6.54 Å². The van der Waals surface area contributed by atoms with Crippen LogP contribution in [0.3, 0.4) is 0 Å². The number of unbranched alkanes of at least 4 members (excludes halogenated alkanes) is 1. The Labute approximate surface area is 104 Å². The van der Waals surface area contributed by atoms with Crippen LogP contribution in [0.4, 0.5) is 4.39 Å². The van der Waals surface area contributed by atoms with Gasteiger partial charge in [-0.25, -0.2) is 4.39 Å². The Morgan fingerprint density at radius 2 is 2.00 bits per heavy atom. The second kappa shape index (κ2) is 7.41. The normalized spacial score (nSPS) is 13.0. The van der Waals surface area contributed by atoms with Gasteiger partial charge in [-0.05, 0) is 39.4 Å². The Morgan fingerprint density at radius 3 is 2.65 bits per heavy atom. The van der Waals surface area contributed by atoms with E-state index in [0.717, 1.165) is 31.4 Å². The average molecular weight is 238 g/mol. The molecule has 96 valence electrons. The molecule has 0 amide bonds. The van der Waals surface area contributed by atoms with E-state index in [-0.39, 0.29) is 11.9 Å². The molecule has 0 aliphatic rings. The highest BCUT2D eigenvalue weighted by atomic mass is 19.1. The molecule has 0 aliphatic heterocycles. The molecule has 0 bridgehead atoms. The third-order valence-corrected chi connectivity index (χ3v) is 2.85. The first-order valence-electron chi connectivity index (χ1n) is 6.27. The van der Waals surface area contributed by atoms with Gasteiger partial charge in [0.2, 0.25) is 0 Å². The number of nitrogens with two attached hydrogens (primary N) is 1. The van der Waals surface area contributed by atoms with E-state index in [4.69, 9.17) is 5.73 Å². The topological polar surface area (TPSA) is 29.3 Å². The summed E-state index contributed by atoms with van der Waals surface area (Å²) in [6, 6.07) is 7.24. The van der Waals surface area contributed by atoms with Crippen molar-refractivity contribution >= 4 is 0 Å². The molecule has 0 saturated heterocycles. The second-order valence-electron chi connectivity index (χ2n) is 4.80. The highest BCUT2D eigenvalue weighted by Crippen LogP contribution is 2.09. The van der Waals surface area contributed by atoms with E-state index in [2.05, 4.69) is 4.90 Å². The van der Waals surface area contributed by atoms with Gasteiger partial charge in [0.15, 0.2) is 0 Å². The van der Waals surface area contributed by atoms with Crippen molar-refractivity contribution in [2.45, 2.75) is 38.8 Å². The van der Waals surface area contributed by atoms with Gasteiger partial charge < -0.3 is 10.6 Å². The molecule has 0 fully saturated rings. The molecule has 3 heteroatoms. The number of rotatable bonds is 7. The smallest absolute Gasteiger partial charge is 0.127 e. The zero-order chi connectivity index (χ0) is 12.7. The molecule has 1 atom stereocenters. The zero-order valence-corrected chi connectivity index (χ0v) is 10.8. The van der Waals surface area contributed by atoms with Crippen LogP contribution in [0.1, 0.15) is 31.7 Å². The van der Waals surface area contributed by atoms with Crippen LogP contribution >= 0.6 is 0 Å². The molecule has 0 spiro atoms. The van der Waals surface area contributed by atoms with Crippen molar-refractivity contribution in [2.75, 3.05) is 13.6 Å². The summed E-state index contributed by atoms with van der Waals surface area (Å²) in [7, 11) is 2.03. The molecular weight excluding hydrogens is 215 g/mol. The maximum atomic E-state index is 13.4. The summed E-state index contributed by atoms with van der Waals surface area (Å²) in [5.41, 5.74) is 6.46. The third kappa shape index (κ3) is 5.80. The van der Waals surface area contributed by atoms with Gasteiger partial charge in [0, 0.05) is 18.2 Å². The third-order valence-electron chi connectivity index (χ3n) is 2.85. The molecule has 17 heavy (non-hydrogen) atoms. The van der Waals surface area contributed by atoms with Gasteiger partial charge in [-0.2, -0.15) is 0 Å². The molecule has 1 aromatic carbocycles. The van der Waals surface area contributed by atoms with Crippen molar-refractivity contribution < 1.29 is 4.39 Å². The van der Waals surface area contributed by atoms with Crippen LogP contribution in [0.2, 0.25) is 0 Å². The molecular formula is C14H23FN2. The van der Waals surface area contributed by atoms with E-state index in [1.54, 1.807) is 6.07 Å². The van der Waals surface area contributed by atoms with Crippen LogP contribution in [0.15, 0.2) is 24.3 Å². The van der Waals surface area contributed by atoms with Crippen molar-refractivity contribution in [3.63, 3.8) is 0 Å². The van der Waals surface area contributed by atoms with Crippen molar-refractivity contribution in [1.29, 1.82) is 0 Å². The molecule has 0 aliphatic carbocycles. The van der Waals surface area contributed by atoms with Gasteiger partial charge in [0.05, 0.1) is 0 Å². The van der Waals surface area contributed by atoms with E-state index >= 15 is 0 Å². The molecule has 1 rings (SSSR count). The summed E-state index contributed by atoms with van der Waals surface area (Å²) < 4.78 is 13.4. The van der Waals surface area contributed by atoms with E-state index in [1.807, 2.05) is 26.1 Å². The summed E-state index contributed by atoms with van der Waals surface area (Å²) in [5.74, 6) is -0.116. The highest BCUT2D eigenvalue weighted by molar-refractivity contribution is 5.16. The van der Waals surface area contributed by atoms with E-state index < -0.39 is 0 Å². The van der Waals surface area contributed by atoms with Crippen LogP contribution in [-0.4, -0.2) is 24.5 Å². The average Bonchev–Trinajstić information content (AvgIpc) is 2.27. The summed E-state index contributed by atoms with van der Waals surface area (Å²) in [5, 5.41) is 0. The minimum atomic E-state index is -0.116. The number of nitrogens with zero attached hydrogens (tertiary/aromatic N) is 1. The van der Waals surface area contributed by atoms with Crippen LogP contribution in [0.5, 0.6) is 0 Å². The largest absolute Gasteiger partial charge is 0.328 e. The maximum Gasteiger partial charge on any atom is 0.127 e. The Hall–Kier alpha value is -0.930. The quantitative estimate of drug-likeness (QED) is 0.740. The second-order valence-corrected chi connectivity index (χ2v) is 4.80. The highest BCUT2D eigenvalue weighted by Gasteiger charge is 2.04. The zero-order valence-electron chi connectivity index (χ0n) is 10.8. The first-order valence-corrected chi connectivity index (χ1v) is 6.27. The number of hydrogen-bond acceptors (Lipinski definition) is 2. The minimum absolute atomic E-state index is 0.116. The molecule has 1 unspecified atom stereocenters. The Balaban J connectivity index is 2.25. The molecule has 0 aromatic heterocycles. The van der Waals surface area contributed by atoms with Gasteiger partial charge in [0.25, 0.3) is 0 Å². The number of halogens is 1. The SMILES string of the molecule is CC(N)CCCCN(C)Cc1ccccc1F. The van der Waals surface area contributed by atoms with E-state index in [1.165, 1.54) is 6.07 Å². The fourth-order valence-corrected chi connectivity index (χ4v) is 1.84. The minimum Gasteiger partial charge on any atom is -0.328 e. The molecule has 0 saturated carbocycles. The number of benzene rings is 1. The van der Waals surface area contributed by atoms with Crippen LogP contribution in [0, 0.1) is 5.82 Å². The fourth-order valence-electron chi connectivity index (χ4n) is 1.84. The van der Waals surface area contributed by atoms with Crippen molar-refractivity contribution in [3.8, 4) is 0 Å². The predicted octanol–water partition coefficient (Wildman–Crippen LogP) is 2.78. The van der Waals surface area contributed by atoms with Crippen molar-refractivity contribution in [1.82, 2.24) is 4.90 Å². The van der Waals surface area contributed by atoms with Crippen molar-refractivity contribution in [3.05, 3.63) is 35.6 Å². The van der Waals surface area contributed by atoms with Gasteiger partial charge in [-0.1, -0.05) is 24.6 Å². The van der Waals surface area contributed by atoms with Crippen LogP contribution in [0.25, 0.3) is 0 Å². The Bertz CT molecular complexity index is 326. The van der Waals surface area contributed by atoms with E-state index in [0.29, 0.717) is 6.54 Å². The number of hydrogen-bond donors (Lipinski definition) is 1. The maximum absolute atomic E-state index is 13.4. The molecule has 2 N–H and O–H groups in total. The molecule has 1 aromatic rings. The van der Waals surface area contributed by atoms with E-state index in [9.17, 15) is 4.39 Å².